The summed E-state index contributed by atoms with van der Waals surface area (Å²) in [5.41, 5.74) is 2.70. The highest BCUT2D eigenvalue weighted by atomic mass is 15.0. The molecule has 1 heterocycles. The molecule has 0 spiro atoms. The number of fused-ring (bicyclic) bond motifs is 1. The van der Waals surface area contributed by atoms with Crippen molar-refractivity contribution in [2.24, 2.45) is 0 Å². The van der Waals surface area contributed by atoms with Crippen LogP contribution in [0.15, 0.2) is 0 Å². The second-order valence-electron chi connectivity index (χ2n) is 4.36. The summed E-state index contributed by atoms with van der Waals surface area (Å²) < 4.78 is 0. The Morgan fingerprint density at radius 1 is 1.33 bits per heavy atom. The van der Waals surface area contributed by atoms with Gasteiger partial charge in [0, 0.05) is 5.69 Å². The largest absolute Gasteiger partial charge is 0.344 e. The van der Waals surface area contributed by atoms with Crippen molar-refractivity contribution in [2.45, 2.75) is 51.5 Å². The molecule has 0 amide bonds. The summed E-state index contributed by atoms with van der Waals surface area (Å²) in [4.78, 5) is 8.24. The highest BCUT2D eigenvalue weighted by molar-refractivity contribution is 5.18. The summed E-state index contributed by atoms with van der Waals surface area (Å²) in [7, 11) is 2.00. The van der Waals surface area contributed by atoms with Crippen LogP contribution >= 0.6 is 0 Å². The first-order valence-electron chi connectivity index (χ1n) is 6.10. The third-order valence-corrected chi connectivity index (χ3v) is 3.31. The van der Waals surface area contributed by atoms with E-state index in [-0.39, 0.29) is 0 Å². The highest BCUT2D eigenvalue weighted by Crippen LogP contribution is 2.21. The Morgan fingerprint density at radius 2 is 2.13 bits per heavy atom. The zero-order chi connectivity index (χ0) is 10.7. The van der Waals surface area contributed by atoms with E-state index in [1.165, 1.54) is 37.1 Å². The Hall–Kier alpha value is -0.830. The molecule has 0 bridgehead atoms. The van der Waals surface area contributed by atoms with Crippen molar-refractivity contribution in [2.75, 3.05) is 7.05 Å². The number of aromatic amines is 1. The van der Waals surface area contributed by atoms with Gasteiger partial charge in [0.1, 0.15) is 5.82 Å². The van der Waals surface area contributed by atoms with Gasteiger partial charge in [0.25, 0.3) is 0 Å². The molecule has 1 unspecified atom stereocenters. The maximum absolute atomic E-state index is 4.73. The average molecular weight is 207 g/mol. The maximum Gasteiger partial charge on any atom is 0.123 e. The van der Waals surface area contributed by atoms with Crippen LogP contribution in [0.4, 0.5) is 0 Å². The minimum absolute atomic E-state index is 0.386. The number of nitrogens with zero attached hydrogens (tertiary/aromatic N) is 1. The van der Waals surface area contributed by atoms with Crippen LogP contribution in [-0.4, -0.2) is 17.0 Å². The van der Waals surface area contributed by atoms with Crippen molar-refractivity contribution in [3.8, 4) is 0 Å². The third-order valence-electron chi connectivity index (χ3n) is 3.31. The van der Waals surface area contributed by atoms with Crippen LogP contribution in [0.5, 0.6) is 0 Å². The highest BCUT2D eigenvalue weighted by Gasteiger charge is 2.16. The number of hydrogen-bond donors (Lipinski definition) is 2. The van der Waals surface area contributed by atoms with Gasteiger partial charge in [-0.25, -0.2) is 4.98 Å². The van der Waals surface area contributed by atoms with E-state index in [1.807, 2.05) is 7.05 Å². The lowest BCUT2D eigenvalue weighted by atomic mass is 10.2. The summed E-state index contributed by atoms with van der Waals surface area (Å²) in [6.07, 6.45) is 7.39. The molecule has 1 aliphatic rings. The van der Waals surface area contributed by atoms with Crippen molar-refractivity contribution in [1.82, 2.24) is 15.3 Å². The molecule has 1 aromatic heterocycles. The third kappa shape index (κ3) is 2.23. The molecule has 1 aliphatic carbocycles. The summed E-state index contributed by atoms with van der Waals surface area (Å²) in [5, 5.41) is 3.30. The van der Waals surface area contributed by atoms with Gasteiger partial charge in [-0.3, -0.25) is 0 Å². The van der Waals surface area contributed by atoms with Gasteiger partial charge in [0.05, 0.1) is 11.7 Å². The number of imidazole rings is 1. The Bertz CT molecular complexity index is 289. The molecule has 0 aromatic carbocycles. The number of aryl methyl sites for hydroxylation is 2. The summed E-state index contributed by atoms with van der Waals surface area (Å²) in [5.74, 6) is 1.13. The van der Waals surface area contributed by atoms with E-state index >= 15 is 0 Å². The van der Waals surface area contributed by atoms with Gasteiger partial charge < -0.3 is 10.3 Å². The van der Waals surface area contributed by atoms with Gasteiger partial charge in [0.15, 0.2) is 0 Å². The SMILES string of the molecule is CCC(NC)c1nc2c([nH]1)CCCCC2. The monoisotopic (exact) mass is 207 g/mol. The number of H-pyrrole nitrogens is 1. The van der Waals surface area contributed by atoms with Crippen LogP contribution in [0.2, 0.25) is 0 Å². The van der Waals surface area contributed by atoms with Crippen LogP contribution in [0.1, 0.15) is 55.9 Å². The molecule has 84 valence electrons. The number of hydrogen-bond acceptors (Lipinski definition) is 2. The van der Waals surface area contributed by atoms with Crippen LogP contribution in [-0.2, 0) is 12.8 Å². The van der Waals surface area contributed by atoms with Crippen molar-refractivity contribution in [1.29, 1.82) is 0 Å². The minimum Gasteiger partial charge on any atom is -0.344 e. The molecular formula is C12H21N3. The van der Waals surface area contributed by atoms with Gasteiger partial charge in [-0.1, -0.05) is 13.3 Å². The number of nitrogens with one attached hydrogen (secondary N) is 2. The Morgan fingerprint density at radius 3 is 2.87 bits per heavy atom. The second kappa shape index (κ2) is 4.79. The van der Waals surface area contributed by atoms with E-state index in [2.05, 4.69) is 17.2 Å². The normalized spacial score (nSPS) is 18.3. The van der Waals surface area contributed by atoms with Crippen molar-refractivity contribution in [3.05, 3.63) is 17.2 Å². The first kappa shape index (κ1) is 10.7. The Balaban J connectivity index is 2.21. The van der Waals surface area contributed by atoms with Crippen LogP contribution < -0.4 is 5.32 Å². The molecule has 1 atom stereocenters. The van der Waals surface area contributed by atoms with E-state index in [0.29, 0.717) is 6.04 Å². The zero-order valence-corrected chi connectivity index (χ0v) is 9.77. The summed E-state index contributed by atoms with van der Waals surface area (Å²) in [6, 6.07) is 0.386. The molecule has 0 aliphatic heterocycles. The minimum atomic E-state index is 0.386. The van der Waals surface area contributed by atoms with Gasteiger partial charge in [-0.05, 0) is 39.2 Å². The standard InChI is InChI=1S/C12H21N3/c1-3-9(13-2)12-14-10-7-5-4-6-8-11(10)15-12/h9,13H,3-8H2,1-2H3,(H,14,15). The predicted molar refractivity (Wildman–Crippen MR) is 61.9 cm³/mol. The fourth-order valence-corrected chi connectivity index (χ4v) is 2.35. The molecule has 0 saturated heterocycles. The van der Waals surface area contributed by atoms with Crippen LogP contribution in [0.3, 0.4) is 0 Å². The lowest BCUT2D eigenvalue weighted by Crippen LogP contribution is -2.16. The van der Waals surface area contributed by atoms with E-state index < -0.39 is 0 Å². The van der Waals surface area contributed by atoms with Crippen LogP contribution in [0, 0.1) is 0 Å². The molecular weight excluding hydrogens is 186 g/mol. The van der Waals surface area contributed by atoms with Gasteiger partial charge in [-0.2, -0.15) is 0 Å². The Labute approximate surface area is 91.7 Å². The maximum atomic E-state index is 4.73. The van der Waals surface area contributed by atoms with E-state index in [1.54, 1.807) is 0 Å². The summed E-state index contributed by atoms with van der Waals surface area (Å²) >= 11 is 0. The lowest BCUT2D eigenvalue weighted by molar-refractivity contribution is 0.546. The van der Waals surface area contributed by atoms with Crippen molar-refractivity contribution >= 4 is 0 Å². The molecule has 1 aromatic rings. The summed E-state index contributed by atoms with van der Waals surface area (Å²) in [6.45, 7) is 2.19. The predicted octanol–water partition coefficient (Wildman–Crippen LogP) is 2.35. The molecule has 2 N–H and O–H groups in total. The van der Waals surface area contributed by atoms with E-state index in [0.717, 1.165) is 18.7 Å². The zero-order valence-electron chi connectivity index (χ0n) is 9.77. The lowest BCUT2D eigenvalue weighted by Gasteiger charge is -2.09. The van der Waals surface area contributed by atoms with Crippen LogP contribution in [0.25, 0.3) is 0 Å². The fraction of sp³-hybridized carbons (Fsp3) is 0.750. The van der Waals surface area contributed by atoms with Gasteiger partial charge in [0.2, 0.25) is 0 Å². The van der Waals surface area contributed by atoms with E-state index in [4.69, 9.17) is 4.98 Å². The first-order chi connectivity index (χ1) is 7.35. The molecule has 0 saturated carbocycles. The molecule has 3 heteroatoms. The smallest absolute Gasteiger partial charge is 0.123 e. The van der Waals surface area contributed by atoms with Crippen molar-refractivity contribution < 1.29 is 0 Å². The van der Waals surface area contributed by atoms with Crippen molar-refractivity contribution in [3.63, 3.8) is 0 Å². The van der Waals surface area contributed by atoms with Gasteiger partial charge >= 0.3 is 0 Å². The average Bonchev–Trinajstić information content (AvgIpc) is 2.52. The molecule has 3 nitrogen and oxygen atoms in total. The second-order valence-corrected chi connectivity index (χ2v) is 4.36. The fourth-order valence-electron chi connectivity index (χ4n) is 2.35. The molecule has 2 rings (SSSR count). The molecule has 0 fully saturated rings. The number of aromatic nitrogens is 2. The topological polar surface area (TPSA) is 40.7 Å². The number of rotatable bonds is 3. The quantitative estimate of drug-likeness (QED) is 0.747. The Kier molecular flexibility index (Phi) is 3.41. The first-order valence-corrected chi connectivity index (χ1v) is 6.10. The molecule has 0 radical (unpaired) electrons. The van der Waals surface area contributed by atoms with E-state index in [9.17, 15) is 0 Å². The molecule has 15 heavy (non-hydrogen) atoms. The van der Waals surface area contributed by atoms with Gasteiger partial charge in [-0.15, -0.1) is 0 Å².